The van der Waals surface area contributed by atoms with Gasteiger partial charge in [0.05, 0.1) is 24.0 Å². The van der Waals surface area contributed by atoms with Crippen molar-refractivity contribution in [1.82, 2.24) is 9.88 Å². The van der Waals surface area contributed by atoms with E-state index in [9.17, 15) is 4.79 Å². The minimum Gasteiger partial charge on any atom is -0.444 e. The fourth-order valence-corrected chi connectivity index (χ4v) is 3.22. The van der Waals surface area contributed by atoms with Gasteiger partial charge in [0.1, 0.15) is 10.2 Å². The van der Waals surface area contributed by atoms with Gasteiger partial charge in [-0.3, -0.25) is 4.90 Å². The molecule has 1 aromatic heterocycles. The number of ether oxygens (including phenoxy) is 1. The third-order valence-electron chi connectivity index (χ3n) is 3.87. The quantitative estimate of drug-likeness (QED) is 0.728. The predicted molar refractivity (Wildman–Crippen MR) is 84.4 cm³/mol. The van der Waals surface area contributed by atoms with Gasteiger partial charge in [-0.2, -0.15) is 0 Å². The van der Waals surface area contributed by atoms with Crippen molar-refractivity contribution < 1.29 is 9.53 Å². The molecule has 0 aromatic carbocycles. The van der Waals surface area contributed by atoms with Crippen LogP contribution in [-0.4, -0.2) is 46.8 Å². The fourth-order valence-electron chi connectivity index (χ4n) is 2.99. The van der Waals surface area contributed by atoms with E-state index in [2.05, 4.69) is 31.9 Å². The van der Waals surface area contributed by atoms with Gasteiger partial charge in [-0.15, -0.1) is 0 Å². The number of piperidine rings is 1. The maximum absolute atomic E-state index is 12.2. The average Bonchev–Trinajstić information content (AvgIpc) is 2.37. The number of anilines is 1. The summed E-state index contributed by atoms with van der Waals surface area (Å²) in [6.45, 7) is 7.40. The first kappa shape index (κ1) is 14.6. The van der Waals surface area contributed by atoms with Crippen molar-refractivity contribution in [3.63, 3.8) is 0 Å². The molecule has 2 bridgehead atoms. The van der Waals surface area contributed by atoms with Crippen LogP contribution in [0, 0.1) is 0 Å². The van der Waals surface area contributed by atoms with E-state index in [1.165, 1.54) is 0 Å². The molecule has 114 valence electrons. The van der Waals surface area contributed by atoms with Crippen LogP contribution >= 0.6 is 15.9 Å². The van der Waals surface area contributed by atoms with Gasteiger partial charge in [-0.25, -0.2) is 9.78 Å². The Labute approximate surface area is 133 Å². The highest BCUT2D eigenvalue weighted by Crippen LogP contribution is 2.35. The van der Waals surface area contributed by atoms with E-state index in [0.717, 1.165) is 29.8 Å². The molecule has 0 radical (unpaired) electrons. The summed E-state index contributed by atoms with van der Waals surface area (Å²) in [6.07, 6.45) is 2.75. The van der Waals surface area contributed by atoms with Gasteiger partial charge in [-0.1, -0.05) is 0 Å². The number of fused-ring (bicyclic) bond motifs is 2. The number of hydrogen-bond acceptors (Lipinski definition) is 4. The van der Waals surface area contributed by atoms with Crippen molar-refractivity contribution in [2.24, 2.45) is 0 Å². The first-order chi connectivity index (χ1) is 9.83. The minimum atomic E-state index is -0.434. The summed E-state index contributed by atoms with van der Waals surface area (Å²) < 4.78 is 6.32. The van der Waals surface area contributed by atoms with E-state index in [0.29, 0.717) is 0 Å². The number of nitrogens with zero attached hydrogens (tertiary/aromatic N) is 3. The molecule has 5 nitrogen and oxygen atoms in total. The standard InChI is InChI=1S/C15H20BrN3O2/c1-15(2,3)21-14(20)19-11-6-12(19)9-18(8-11)10-4-5-13(16)17-7-10/h4-5,7,11-12H,6,8-9H2,1-3H3. The Balaban J connectivity index is 1.64. The van der Waals surface area contributed by atoms with Gasteiger partial charge in [0.15, 0.2) is 0 Å². The summed E-state index contributed by atoms with van der Waals surface area (Å²) in [4.78, 5) is 20.7. The highest BCUT2D eigenvalue weighted by molar-refractivity contribution is 9.10. The molecule has 6 heteroatoms. The van der Waals surface area contributed by atoms with Crippen LogP contribution in [0.1, 0.15) is 27.2 Å². The van der Waals surface area contributed by atoms with E-state index in [1.807, 2.05) is 37.9 Å². The minimum absolute atomic E-state index is 0.183. The van der Waals surface area contributed by atoms with Gasteiger partial charge >= 0.3 is 6.09 Å². The lowest BCUT2D eigenvalue weighted by Crippen LogP contribution is -2.70. The third kappa shape index (κ3) is 3.00. The maximum Gasteiger partial charge on any atom is 0.410 e. The third-order valence-corrected chi connectivity index (χ3v) is 4.34. The van der Waals surface area contributed by atoms with E-state index < -0.39 is 5.60 Å². The Bertz CT molecular complexity index is 529. The van der Waals surface area contributed by atoms with E-state index in [1.54, 1.807) is 0 Å². The van der Waals surface area contributed by atoms with Gasteiger partial charge in [0.2, 0.25) is 0 Å². The molecular formula is C15H20BrN3O2. The van der Waals surface area contributed by atoms with Crippen molar-refractivity contribution in [3.8, 4) is 0 Å². The summed E-state index contributed by atoms with van der Waals surface area (Å²) >= 11 is 3.35. The van der Waals surface area contributed by atoms with Gasteiger partial charge in [-0.05, 0) is 55.3 Å². The molecule has 2 unspecified atom stereocenters. The molecule has 21 heavy (non-hydrogen) atoms. The molecule has 0 saturated carbocycles. The van der Waals surface area contributed by atoms with Gasteiger partial charge in [0, 0.05) is 13.1 Å². The second-order valence-electron chi connectivity index (χ2n) is 6.68. The van der Waals surface area contributed by atoms with Crippen molar-refractivity contribution in [1.29, 1.82) is 0 Å². The second kappa shape index (κ2) is 5.16. The molecule has 2 atom stereocenters. The molecule has 3 saturated heterocycles. The largest absolute Gasteiger partial charge is 0.444 e. The zero-order chi connectivity index (χ0) is 15.2. The van der Waals surface area contributed by atoms with Crippen LogP contribution in [0.2, 0.25) is 0 Å². The summed E-state index contributed by atoms with van der Waals surface area (Å²) in [5.41, 5.74) is 0.674. The lowest BCUT2D eigenvalue weighted by molar-refractivity contribution is -0.0379. The van der Waals surface area contributed by atoms with Crippen LogP contribution in [0.15, 0.2) is 22.9 Å². The molecule has 0 aliphatic carbocycles. The van der Waals surface area contributed by atoms with Crippen molar-refractivity contribution >= 4 is 27.7 Å². The highest BCUT2D eigenvalue weighted by Gasteiger charge is 2.48. The number of carbonyl (C=O) groups is 1. The van der Waals surface area contributed by atoms with Crippen molar-refractivity contribution in [2.75, 3.05) is 18.0 Å². The van der Waals surface area contributed by atoms with E-state index in [4.69, 9.17) is 4.74 Å². The van der Waals surface area contributed by atoms with E-state index >= 15 is 0 Å². The van der Waals surface area contributed by atoms with Gasteiger partial charge < -0.3 is 9.64 Å². The van der Waals surface area contributed by atoms with Crippen molar-refractivity contribution in [3.05, 3.63) is 22.9 Å². The fraction of sp³-hybridized carbons (Fsp3) is 0.600. The van der Waals surface area contributed by atoms with Gasteiger partial charge in [0.25, 0.3) is 0 Å². The Morgan fingerprint density at radius 3 is 2.52 bits per heavy atom. The summed E-state index contributed by atoms with van der Waals surface area (Å²) in [5, 5.41) is 0. The smallest absolute Gasteiger partial charge is 0.410 e. The zero-order valence-corrected chi connectivity index (χ0v) is 14.1. The molecule has 3 fully saturated rings. The number of pyridine rings is 1. The average molecular weight is 354 g/mol. The normalized spacial score (nSPS) is 24.6. The molecule has 4 rings (SSSR count). The molecule has 3 aliphatic rings. The number of amides is 1. The van der Waals surface area contributed by atoms with Crippen LogP contribution in [0.5, 0.6) is 0 Å². The van der Waals surface area contributed by atoms with Crippen LogP contribution in [-0.2, 0) is 4.74 Å². The highest BCUT2D eigenvalue weighted by atomic mass is 79.9. The lowest BCUT2D eigenvalue weighted by Gasteiger charge is -2.56. The SMILES string of the molecule is CC(C)(C)OC(=O)N1C2CC1CN(c1ccc(Br)nc1)C2. The first-order valence-electron chi connectivity index (χ1n) is 7.21. The number of aromatic nitrogens is 1. The molecule has 4 heterocycles. The molecule has 1 amide bonds. The summed E-state index contributed by atoms with van der Waals surface area (Å²) in [6, 6.07) is 4.51. The predicted octanol–water partition coefficient (Wildman–Crippen LogP) is 3.04. The van der Waals surface area contributed by atoms with Crippen LogP contribution in [0.3, 0.4) is 0 Å². The van der Waals surface area contributed by atoms with Crippen LogP contribution in [0.25, 0.3) is 0 Å². The molecular weight excluding hydrogens is 334 g/mol. The number of carbonyl (C=O) groups excluding carboxylic acids is 1. The Kier molecular flexibility index (Phi) is 3.59. The van der Waals surface area contributed by atoms with Crippen LogP contribution < -0.4 is 4.90 Å². The molecule has 1 aromatic rings. The van der Waals surface area contributed by atoms with E-state index in [-0.39, 0.29) is 18.2 Å². The summed E-state index contributed by atoms with van der Waals surface area (Å²) in [7, 11) is 0. The maximum atomic E-state index is 12.2. The van der Waals surface area contributed by atoms with Crippen molar-refractivity contribution in [2.45, 2.75) is 44.9 Å². The number of piperazine rings is 1. The van der Waals surface area contributed by atoms with Crippen LogP contribution in [0.4, 0.5) is 10.5 Å². The molecule has 0 N–H and O–H groups in total. The molecule has 0 spiro atoms. The Morgan fingerprint density at radius 2 is 2.00 bits per heavy atom. The summed E-state index contributed by atoms with van der Waals surface area (Å²) in [5.74, 6) is 0. The number of halogens is 1. The first-order valence-corrected chi connectivity index (χ1v) is 8.00. The zero-order valence-electron chi connectivity index (χ0n) is 12.5. The Hall–Kier alpha value is -1.30. The lowest BCUT2D eigenvalue weighted by atomic mass is 9.88. The monoisotopic (exact) mass is 353 g/mol. The Morgan fingerprint density at radius 1 is 1.33 bits per heavy atom. The molecule has 3 aliphatic heterocycles. The number of hydrogen-bond donors (Lipinski definition) is 0. The second-order valence-corrected chi connectivity index (χ2v) is 7.49. The number of rotatable bonds is 1. The topological polar surface area (TPSA) is 45.7 Å².